The Hall–Kier alpha value is -1.99. The Morgan fingerprint density at radius 1 is 1.23 bits per heavy atom. The molecular weight excluding hydrogens is 420 g/mol. The largest absolute Gasteiger partial charge is 0.497 e. The molecule has 1 aliphatic heterocycles. The summed E-state index contributed by atoms with van der Waals surface area (Å²) in [5.41, 5.74) is 1.22. The van der Waals surface area contributed by atoms with Crippen molar-refractivity contribution in [1.29, 1.82) is 0 Å². The minimum atomic E-state index is -0.674. The second kappa shape index (κ2) is 9.88. The molecule has 0 saturated carbocycles. The van der Waals surface area contributed by atoms with Crippen molar-refractivity contribution in [3.63, 3.8) is 0 Å². The molecule has 4 rings (SSSR count). The van der Waals surface area contributed by atoms with Gasteiger partial charge in [-0.05, 0) is 36.2 Å². The van der Waals surface area contributed by atoms with Crippen LogP contribution in [0.15, 0.2) is 72.1 Å². The number of aromatic nitrogens is 2. The lowest BCUT2D eigenvalue weighted by Gasteiger charge is -2.28. The zero-order valence-corrected chi connectivity index (χ0v) is 18.4. The number of thioether (sulfide) groups is 1. The van der Waals surface area contributed by atoms with Gasteiger partial charge in [0.25, 0.3) is 0 Å². The van der Waals surface area contributed by atoms with Crippen LogP contribution >= 0.6 is 23.4 Å². The van der Waals surface area contributed by atoms with Crippen molar-refractivity contribution in [3.05, 3.63) is 77.8 Å². The Balaban J connectivity index is 1.41. The summed E-state index contributed by atoms with van der Waals surface area (Å²) in [5, 5.41) is 0.769. The highest BCUT2D eigenvalue weighted by molar-refractivity contribution is 7.99. The molecular formula is C23H25ClN2O3S. The summed E-state index contributed by atoms with van der Waals surface area (Å²) in [5.74, 6) is 0.974. The van der Waals surface area contributed by atoms with Crippen molar-refractivity contribution in [1.82, 2.24) is 9.55 Å². The van der Waals surface area contributed by atoms with Crippen LogP contribution in [-0.2, 0) is 22.4 Å². The summed E-state index contributed by atoms with van der Waals surface area (Å²) in [6.07, 6.45) is 7.12. The third-order valence-electron chi connectivity index (χ3n) is 5.11. The molecule has 1 aromatic heterocycles. The van der Waals surface area contributed by atoms with Gasteiger partial charge >= 0.3 is 0 Å². The number of ether oxygens (including phenoxy) is 3. The second-order valence-electron chi connectivity index (χ2n) is 7.29. The average Bonchev–Trinajstić information content (AvgIpc) is 3.43. The van der Waals surface area contributed by atoms with Crippen molar-refractivity contribution in [2.75, 3.05) is 19.5 Å². The average molecular weight is 445 g/mol. The number of hydrogen-bond acceptors (Lipinski definition) is 5. The molecule has 30 heavy (non-hydrogen) atoms. The van der Waals surface area contributed by atoms with E-state index in [-0.39, 0.29) is 6.10 Å². The van der Waals surface area contributed by atoms with Crippen molar-refractivity contribution in [2.45, 2.75) is 36.2 Å². The van der Waals surface area contributed by atoms with Gasteiger partial charge in [-0.25, -0.2) is 4.98 Å². The second-order valence-corrected chi connectivity index (χ2v) is 8.76. The van der Waals surface area contributed by atoms with Crippen molar-refractivity contribution in [3.8, 4) is 5.75 Å². The molecule has 0 amide bonds. The normalized spacial score (nSPS) is 21.1. The molecule has 5 nitrogen and oxygen atoms in total. The van der Waals surface area contributed by atoms with Crippen LogP contribution < -0.4 is 4.74 Å². The molecule has 0 bridgehead atoms. The molecule has 2 atom stereocenters. The maximum atomic E-state index is 6.49. The Bertz CT molecular complexity index is 936. The van der Waals surface area contributed by atoms with Crippen LogP contribution in [0.1, 0.15) is 12.0 Å². The number of halogens is 1. The molecule has 1 aliphatic rings. The van der Waals surface area contributed by atoms with Crippen LogP contribution in [0.2, 0.25) is 5.02 Å². The molecule has 0 spiro atoms. The summed E-state index contributed by atoms with van der Waals surface area (Å²) in [6, 6.07) is 16.0. The van der Waals surface area contributed by atoms with Crippen LogP contribution in [0.5, 0.6) is 5.75 Å². The van der Waals surface area contributed by atoms with Gasteiger partial charge in [-0.3, -0.25) is 0 Å². The van der Waals surface area contributed by atoms with Gasteiger partial charge in [-0.1, -0.05) is 35.9 Å². The minimum Gasteiger partial charge on any atom is -0.497 e. The van der Waals surface area contributed by atoms with Crippen LogP contribution in [0.4, 0.5) is 0 Å². The van der Waals surface area contributed by atoms with Gasteiger partial charge in [0.05, 0.1) is 37.7 Å². The van der Waals surface area contributed by atoms with Crippen molar-refractivity contribution in [2.24, 2.45) is 0 Å². The zero-order chi connectivity index (χ0) is 20.8. The molecule has 2 aromatic carbocycles. The van der Waals surface area contributed by atoms with Crippen molar-refractivity contribution < 1.29 is 14.2 Å². The van der Waals surface area contributed by atoms with Crippen molar-refractivity contribution >= 4 is 23.4 Å². The summed E-state index contributed by atoms with van der Waals surface area (Å²) < 4.78 is 20.0. The van der Waals surface area contributed by atoms with E-state index in [1.165, 1.54) is 5.56 Å². The quantitative estimate of drug-likeness (QED) is 0.430. The molecule has 1 fully saturated rings. The molecule has 7 heteroatoms. The standard InChI is InChI=1S/C23H25ClN2O3S/c1-27-19-8-6-18(7-9-19)10-11-23(16-26-13-12-25-17-26)28-14-20(29-23)15-30-22-5-3-2-4-21(22)24/h2-9,12-13,17,20H,10-11,14-16H2,1H3. The van der Waals surface area contributed by atoms with Crippen LogP contribution in [-0.4, -0.2) is 40.9 Å². The van der Waals surface area contributed by atoms with E-state index >= 15 is 0 Å². The lowest BCUT2D eigenvalue weighted by atomic mass is 10.0. The molecule has 158 valence electrons. The maximum Gasteiger partial charge on any atom is 0.187 e. The van der Waals surface area contributed by atoms with Crippen LogP contribution in [0.3, 0.4) is 0 Å². The summed E-state index contributed by atoms with van der Waals surface area (Å²) >= 11 is 7.99. The first-order valence-corrected chi connectivity index (χ1v) is 11.3. The monoisotopic (exact) mass is 444 g/mol. The van der Waals surface area contributed by atoms with E-state index < -0.39 is 5.79 Å². The maximum absolute atomic E-state index is 6.49. The number of methoxy groups -OCH3 is 1. The zero-order valence-electron chi connectivity index (χ0n) is 16.9. The number of rotatable bonds is 9. The summed E-state index contributed by atoms with van der Waals surface area (Å²) in [6.45, 7) is 1.17. The van der Waals surface area contributed by atoms with Gasteiger partial charge in [0.1, 0.15) is 5.75 Å². The molecule has 0 radical (unpaired) electrons. The lowest BCUT2D eigenvalue weighted by Crippen LogP contribution is -2.37. The number of nitrogens with zero attached hydrogens (tertiary/aromatic N) is 2. The fraction of sp³-hybridized carbons (Fsp3) is 0.348. The van der Waals surface area contributed by atoms with Crippen LogP contribution in [0.25, 0.3) is 0 Å². The smallest absolute Gasteiger partial charge is 0.187 e. The minimum absolute atomic E-state index is 0.00524. The summed E-state index contributed by atoms with van der Waals surface area (Å²) in [7, 11) is 1.68. The van der Waals surface area contributed by atoms with E-state index in [0.29, 0.717) is 13.2 Å². The fourth-order valence-electron chi connectivity index (χ4n) is 3.52. The number of hydrogen-bond donors (Lipinski definition) is 0. The topological polar surface area (TPSA) is 45.5 Å². The molecule has 2 unspecified atom stereocenters. The summed E-state index contributed by atoms with van der Waals surface area (Å²) in [4.78, 5) is 5.22. The highest BCUT2D eigenvalue weighted by Crippen LogP contribution is 2.34. The molecule has 2 heterocycles. The highest BCUT2D eigenvalue weighted by atomic mass is 35.5. The van der Waals surface area contributed by atoms with Gasteiger partial charge in [0.2, 0.25) is 0 Å². The third kappa shape index (κ3) is 5.38. The Morgan fingerprint density at radius 2 is 2.07 bits per heavy atom. The van der Waals surface area contributed by atoms with E-state index in [1.807, 2.05) is 47.2 Å². The van der Waals surface area contributed by atoms with E-state index in [0.717, 1.165) is 34.3 Å². The predicted octanol–water partition coefficient (Wildman–Crippen LogP) is 5.08. The number of imidazole rings is 1. The van der Waals surface area contributed by atoms with E-state index in [9.17, 15) is 0 Å². The Labute approximate surface area is 186 Å². The first-order chi connectivity index (χ1) is 14.7. The lowest BCUT2D eigenvalue weighted by molar-refractivity contribution is -0.180. The Kier molecular flexibility index (Phi) is 7.00. The molecule has 0 N–H and O–H groups in total. The van der Waals surface area contributed by atoms with Gasteiger partial charge in [0.15, 0.2) is 5.79 Å². The van der Waals surface area contributed by atoms with Gasteiger partial charge < -0.3 is 18.8 Å². The van der Waals surface area contributed by atoms with E-state index in [1.54, 1.807) is 31.4 Å². The van der Waals surface area contributed by atoms with Gasteiger partial charge in [0, 0.05) is 29.5 Å². The highest BCUT2D eigenvalue weighted by Gasteiger charge is 2.41. The van der Waals surface area contributed by atoms with Gasteiger partial charge in [-0.2, -0.15) is 0 Å². The van der Waals surface area contributed by atoms with Crippen LogP contribution in [0, 0.1) is 0 Å². The van der Waals surface area contributed by atoms with E-state index in [4.69, 9.17) is 25.8 Å². The van der Waals surface area contributed by atoms with Gasteiger partial charge in [-0.15, -0.1) is 11.8 Å². The fourth-order valence-corrected chi connectivity index (χ4v) is 4.73. The first-order valence-electron chi connectivity index (χ1n) is 9.94. The molecule has 3 aromatic rings. The number of benzene rings is 2. The molecule has 1 saturated heterocycles. The molecule has 0 aliphatic carbocycles. The SMILES string of the molecule is COc1ccc(CCC2(Cn3ccnc3)OCC(CSc3ccccc3Cl)O2)cc1. The van der Waals surface area contributed by atoms with E-state index in [2.05, 4.69) is 17.1 Å². The number of aryl methyl sites for hydroxylation is 1. The first kappa shape index (κ1) is 21.2. The predicted molar refractivity (Wildman–Crippen MR) is 119 cm³/mol. The third-order valence-corrected chi connectivity index (χ3v) is 6.76. The Morgan fingerprint density at radius 3 is 2.80 bits per heavy atom.